The summed E-state index contributed by atoms with van der Waals surface area (Å²) in [6, 6.07) is 11.3. The van der Waals surface area contributed by atoms with Gasteiger partial charge in [-0.25, -0.2) is 4.39 Å². The van der Waals surface area contributed by atoms with Crippen LogP contribution in [0.4, 0.5) is 10.1 Å². The number of rotatable bonds is 3. The van der Waals surface area contributed by atoms with Crippen molar-refractivity contribution < 1.29 is 13.7 Å². The largest absolute Gasteiger partial charge is 0.339 e. The zero-order valence-electron chi connectivity index (χ0n) is 13.3. The second-order valence-electron chi connectivity index (χ2n) is 5.97. The van der Waals surface area contributed by atoms with Gasteiger partial charge in [0.25, 0.3) is 0 Å². The third-order valence-corrected chi connectivity index (χ3v) is 4.79. The van der Waals surface area contributed by atoms with Gasteiger partial charge >= 0.3 is 0 Å². The van der Waals surface area contributed by atoms with Crippen molar-refractivity contribution in [1.82, 2.24) is 10.1 Å². The fourth-order valence-corrected chi connectivity index (χ4v) is 3.14. The van der Waals surface area contributed by atoms with Crippen LogP contribution in [0.5, 0.6) is 0 Å². The number of amides is 1. The molecule has 0 N–H and O–H groups in total. The number of halogens is 3. The number of hydrogen-bond donors (Lipinski definition) is 0. The third-order valence-electron chi connectivity index (χ3n) is 4.23. The van der Waals surface area contributed by atoms with E-state index < -0.39 is 5.82 Å². The van der Waals surface area contributed by atoms with Gasteiger partial charge in [-0.05, 0) is 42.5 Å². The summed E-state index contributed by atoms with van der Waals surface area (Å²) >= 11 is 11.6. The van der Waals surface area contributed by atoms with E-state index in [4.69, 9.17) is 27.7 Å². The number of nitrogens with zero attached hydrogens (tertiary/aromatic N) is 3. The van der Waals surface area contributed by atoms with E-state index in [2.05, 4.69) is 10.1 Å². The average Bonchev–Trinajstić information content (AvgIpc) is 3.25. The minimum Gasteiger partial charge on any atom is -0.339 e. The fourth-order valence-electron chi connectivity index (χ4n) is 2.90. The van der Waals surface area contributed by atoms with E-state index in [9.17, 15) is 9.18 Å². The topological polar surface area (TPSA) is 59.2 Å². The Balaban J connectivity index is 1.55. The molecular weight excluding hydrogens is 380 g/mol. The smallest absolute Gasteiger partial charge is 0.232 e. The maximum absolute atomic E-state index is 13.6. The van der Waals surface area contributed by atoms with Crippen LogP contribution in [0.3, 0.4) is 0 Å². The van der Waals surface area contributed by atoms with Crippen molar-refractivity contribution in [1.29, 1.82) is 0 Å². The van der Waals surface area contributed by atoms with Crippen LogP contribution in [-0.4, -0.2) is 22.6 Å². The molecule has 2 heterocycles. The summed E-state index contributed by atoms with van der Waals surface area (Å²) in [5.41, 5.74) is 1.22. The molecule has 1 saturated heterocycles. The highest BCUT2D eigenvalue weighted by molar-refractivity contribution is 6.31. The number of anilines is 1. The highest BCUT2D eigenvalue weighted by Gasteiger charge is 2.35. The van der Waals surface area contributed by atoms with Gasteiger partial charge in [0.2, 0.25) is 17.6 Å². The molecule has 1 aromatic heterocycles. The molecule has 0 bridgehead atoms. The molecule has 8 heteroatoms. The summed E-state index contributed by atoms with van der Waals surface area (Å²) in [7, 11) is 0. The minimum absolute atomic E-state index is 0.0254. The van der Waals surface area contributed by atoms with Crippen LogP contribution in [0.2, 0.25) is 10.0 Å². The van der Waals surface area contributed by atoms with E-state index in [1.165, 1.54) is 12.1 Å². The van der Waals surface area contributed by atoms with Crippen LogP contribution >= 0.6 is 23.2 Å². The molecule has 5 nitrogen and oxygen atoms in total. The van der Waals surface area contributed by atoms with E-state index in [1.807, 2.05) is 0 Å². The van der Waals surface area contributed by atoms with Crippen LogP contribution in [0.25, 0.3) is 11.4 Å². The molecule has 3 aromatic rings. The van der Waals surface area contributed by atoms with E-state index in [1.54, 1.807) is 35.2 Å². The summed E-state index contributed by atoms with van der Waals surface area (Å²) in [5.74, 6) is -0.209. The molecule has 132 valence electrons. The summed E-state index contributed by atoms with van der Waals surface area (Å²) in [5, 5.41) is 4.52. The molecule has 1 amide bonds. The van der Waals surface area contributed by atoms with Gasteiger partial charge in [-0.15, -0.1) is 0 Å². The second-order valence-corrected chi connectivity index (χ2v) is 6.81. The lowest BCUT2D eigenvalue weighted by atomic mass is 10.1. The van der Waals surface area contributed by atoms with Crippen LogP contribution in [0, 0.1) is 5.82 Å². The summed E-state index contributed by atoms with van der Waals surface area (Å²) in [6.07, 6.45) is 0.263. The average molecular weight is 392 g/mol. The van der Waals surface area contributed by atoms with Crippen LogP contribution < -0.4 is 4.90 Å². The highest BCUT2D eigenvalue weighted by Crippen LogP contribution is 2.32. The summed E-state index contributed by atoms with van der Waals surface area (Å²) in [4.78, 5) is 18.3. The first-order chi connectivity index (χ1) is 12.5. The number of aromatic nitrogens is 2. The fraction of sp³-hybridized carbons (Fsp3) is 0.167. The van der Waals surface area contributed by atoms with Crippen molar-refractivity contribution in [3.8, 4) is 11.4 Å². The Kier molecular flexibility index (Phi) is 4.38. The minimum atomic E-state index is -0.555. The molecule has 0 spiro atoms. The summed E-state index contributed by atoms with van der Waals surface area (Å²) < 4.78 is 18.9. The normalized spacial score (nSPS) is 17.1. The van der Waals surface area contributed by atoms with Crippen molar-refractivity contribution >= 4 is 34.8 Å². The molecular formula is C18H12Cl2FN3O2. The monoisotopic (exact) mass is 391 g/mol. The maximum atomic E-state index is 13.6. The van der Waals surface area contributed by atoms with Gasteiger partial charge in [0.1, 0.15) is 5.82 Å². The zero-order chi connectivity index (χ0) is 18.3. The molecule has 1 fully saturated rings. The first-order valence-electron chi connectivity index (χ1n) is 7.86. The molecule has 0 radical (unpaired) electrons. The van der Waals surface area contributed by atoms with Crippen molar-refractivity contribution in [3.05, 3.63) is 64.2 Å². The predicted octanol–water partition coefficient (Wildman–Crippen LogP) is 4.70. The van der Waals surface area contributed by atoms with Crippen molar-refractivity contribution in [2.75, 3.05) is 11.4 Å². The number of carbonyl (C=O) groups excluding carboxylic acids is 1. The first kappa shape index (κ1) is 17.0. The number of carbonyl (C=O) groups is 1. The predicted molar refractivity (Wildman–Crippen MR) is 95.9 cm³/mol. The van der Waals surface area contributed by atoms with Gasteiger partial charge in [-0.2, -0.15) is 4.98 Å². The Hall–Kier alpha value is -2.44. The van der Waals surface area contributed by atoms with E-state index in [-0.39, 0.29) is 29.1 Å². The maximum Gasteiger partial charge on any atom is 0.232 e. The Morgan fingerprint density at radius 3 is 2.65 bits per heavy atom. The molecule has 2 aromatic carbocycles. The lowest BCUT2D eigenvalue weighted by Crippen LogP contribution is -2.24. The molecule has 0 saturated carbocycles. The lowest BCUT2D eigenvalue weighted by Gasteiger charge is -2.15. The number of benzene rings is 2. The molecule has 0 aliphatic carbocycles. The third kappa shape index (κ3) is 3.18. The van der Waals surface area contributed by atoms with Crippen molar-refractivity contribution in [3.63, 3.8) is 0 Å². The van der Waals surface area contributed by atoms with Gasteiger partial charge in [-0.3, -0.25) is 4.79 Å². The molecule has 1 unspecified atom stereocenters. The highest BCUT2D eigenvalue weighted by atomic mass is 35.5. The summed E-state index contributed by atoms with van der Waals surface area (Å²) in [6.45, 7) is 0.428. The zero-order valence-corrected chi connectivity index (χ0v) is 14.8. The van der Waals surface area contributed by atoms with Gasteiger partial charge in [-0.1, -0.05) is 28.4 Å². The Morgan fingerprint density at radius 1 is 1.15 bits per heavy atom. The van der Waals surface area contributed by atoms with Crippen molar-refractivity contribution in [2.24, 2.45) is 0 Å². The Bertz CT molecular complexity index is 975. The van der Waals surface area contributed by atoms with Crippen molar-refractivity contribution in [2.45, 2.75) is 12.3 Å². The quantitative estimate of drug-likeness (QED) is 0.648. The van der Waals surface area contributed by atoms with Gasteiger partial charge in [0.15, 0.2) is 0 Å². The van der Waals surface area contributed by atoms with E-state index in [0.29, 0.717) is 23.0 Å². The van der Waals surface area contributed by atoms with Crippen LogP contribution in [-0.2, 0) is 4.79 Å². The molecule has 26 heavy (non-hydrogen) atoms. The molecule has 1 aliphatic heterocycles. The van der Waals surface area contributed by atoms with Crippen LogP contribution in [0.15, 0.2) is 47.0 Å². The van der Waals surface area contributed by atoms with Gasteiger partial charge < -0.3 is 9.42 Å². The molecule has 4 rings (SSSR count). The van der Waals surface area contributed by atoms with E-state index >= 15 is 0 Å². The SMILES string of the molecule is O=C1CC(c2nc(-c3ccc(Cl)c(F)c3)no2)CN1c1ccc(Cl)cc1. The van der Waals surface area contributed by atoms with E-state index in [0.717, 1.165) is 5.69 Å². The second kappa shape index (κ2) is 6.70. The number of hydrogen-bond acceptors (Lipinski definition) is 4. The van der Waals surface area contributed by atoms with Gasteiger partial charge in [0, 0.05) is 29.2 Å². The molecule has 1 aliphatic rings. The molecule has 1 atom stereocenters. The Morgan fingerprint density at radius 2 is 1.92 bits per heavy atom. The first-order valence-corrected chi connectivity index (χ1v) is 8.62. The Labute approximate surface area is 158 Å². The van der Waals surface area contributed by atoms with Gasteiger partial charge in [0.05, 0.1) is 10.9 Å². The lowest BCUT2D eigenvalue weighted by molar-refractivity contribution is -0.117. The standard InChI is InChI=1S/C18H12Cl2FN3O2/c19-12-2-4-13(5-3-12)24-9-11(8-16(24)25)18-22-17(23-26-18)10-1-6-14(20)15(21)7-10/h1-7,11H,8-9H2. The van der Waals surface area contributed by atoms with Crippen LogP contribution in [0.1, 0.15) is 18.2 Å².